The fourth-order valence-corrected chi connectivity index (χ4v) is 3.33. The minimum atomic E-state index is -0.342. The second kappa shape index (κ2) is 6.20. The predicted octanol–water partition coefficient (Wildman–Crippen LogP) is 1.02. The molecule has 27 heavy (non-hydrogen) atoms. The third-order valence-corrected chi connectivity index (χ3v) is 4.67. The summed E-state index contributed by atoms with van der Waals surface area (Å²) < 4.78 is 2.58. The second-order valence-electron chi connectivity index (χ2n) is 6.04. The molecule has 4 rings (SSSR count). The Morgan fingerprint density at radius 1 is 1.04 bits per heavy atom. The number of hydrogen-bond donors (Lipinski definition) is 2. The molecule has 10 nitrogen and oxygen atoms in total. The van der Waals surface area contributed by atoms with Crippen molar-refractivity contribution in [3.63, 3.8) is 0 Å². The van der Waals surface area contributed by atoms with Crippen molar-refractivity contribution in [2.45, 2.75) is 25.9 Å². The number of hydrogen-bond acceptors (Lipinski definition) is 7. The molecule has 11 heteroatoms. The summed E-state index contributed by atoms with van der Waals surface area (Å²) in [6.45, 7) is 5.34. The number of aromatic amines is 2. The molecule has 4 aromatic heterocycles. The van der Waals surface area contributed by atoms with Crippen LogP contribution in [-0.4, -0.2) is 45.8 Å². The van der Waals surface area contributed by atoms with E-state index in [1.54, 1.807) is 6.92 Å². The largest absolute Gasteiger partial charge is 0.287 e. The maximum atomic E-state index is 13.0. The Morgan fingerprint density at radius 2 is 1.74 bits per heavy atom. The van der Waals surface area contributed by atoms with Crippen LogP contribution in [0.25, 0.3) is 22.8 Å². The Labute approximate surface area is 156 Å². The highest BCUT2D eigenvalue weighted by Crippen LogP contribution is 2.16. The lowest BCUT2D eigenvalue weighted by Gasteiger charge is -2.05. The van der Waals surface area contributed by atoms with Gasteiger partial charge in [-0.05, 0) is 33.1 Å². The van der Waals surface area contributed by atoms with Crippen molar-refractivity contribution >= 4 is 22.7 Å². The van der Waals surface area contributed by atoms with E-state index in [1.807, 2.05) is 26.2 Å². The van der Waals surface area contributed by atoms with Crippen LogP contribution in [0.4, 0.5) is 0 Å². The van der Waals surface area contributed by atoms with Gasteiger partial charge in [0, 0.05) is 23.1 Å². The molecule has 0 atom stereocenters. The molecule has 4 heterocycles. The third kappa shape index (κ3) is 2.76. The molecule has 0 aromatic carbocycles. The van der Waals surface area contributed by atoms with Gasteiger partial charge in [-0.25, -0.2) is 19.6 Å². The number of rotatable bonds is 3. The predicted molar refractivity (Wildman–Crippen MR) is 101 cm³/mol. The van der Waals surface area contributed by atoms with Crippen molar-refractivity contribution in [1.82, 2.24) is 39.5 Å². The van der Waals surface area contributed by atoms with E-state index in [0.717, 1.165) is 11.4 Å². The smallest absolute Gasteiger partial charge is 0.283 e. The van der Waals surface area contributed by atoms with Crippen LogP contribution in [0.2, 0.25) is 0 Å². The average Bonchev–Trinajstić information content (AvgIpc) is 3.19. The highest BCUT2D eigenvalue weighted by atomic mass is 32.2. The van der Waals surface area contributed by atoms with Gasteiger partial charge in [-0.3, -0.25) is 14.7 Å². The zero-order valence-electron chi connectivity index (χ0n) is 15.1. The molecule has 2 N–H and O–H groups in total. The Hall–Kier alpha value is -3.21. The molecule has 0 unspecified atom stereocenters. The van der Waals surface area contributed by atoms with Crippen LogP contribution in [0.15, 0.2) is 26.9 Å². The van der Waals surface area contributed by atoms with Crippen LogP contribution >= 0.6 is 11.8 Å². The molecule has 0 bridgehead atoms. The van der Waals surface area contributed by atoms with Crippen LogP contribution in [0.1, 0.15) is 17.1 Å². The molecule has 0 fully saturated rings. The number of nitrogens with zero attached hydrogens (tertiary/aromatic N) is 6. The molecule has 0 spiro atoms. The van der Waals surface area contributed by atoms with Crippen molar-refractivity contribution < 1.29 is 0 Å². The minimum Gasteiger partial charge on any atom is -0.287 e. The standard InChI is InChI=1S/C16H16N8O2S/c1-7-5-8(2)18-14(17-7)24-13(26)12-9(3)23(11(25)6-10(12)22-24)15-19-16(27-4)21-20-15/h5-6,22H,1-4H3,(H,19,20,21). The van der Waals surface area contributed by atoms with Gasteiger partial charge in [0.15, 0.2) is 0 Å². The Morgan fingerprint density at radius 3 is 2.37 bits per heavy atom. The quantitative estimate of drug-likeness (QED) is 0.505. The third-order valence-electron chi connectivity index (χ3n) is 4.12. The monoisotopic (exact) mass is 384 g/mol. The Kier molecular flexibility index (Phi) is 3.95. The summed E-state index contributed by atoms with van der Waals surface area (Å²) in [6, 6.07) is 3.17. The summed E-state index contributed by atoms with van der Waals surface area (Å²) in [7, 11) is 0. The molecule has 0 amide bonds. The molecule has 4 aromatic rings. The lowest BCUT2D eigenvalue weighted by molar-refractivity contribution is 0.780. The average molecular weight is 384 g/mol. The Bertz CT molecular complexity index is 1280. The molecular formula is C16H16N8O2S. The van der Waals surface area contributed by atoms with Gasteiger partial charge in [-0.1, -0.05) is 11.8 Å². The fourth-order valence-electron chi connectivity index (χ4n) is 3.01. The molecule has 0 aliphatic rings. The van der Waals surface area contributed by atoms with E-state index in [4.69, 9.17) is 0 Å². The number of nitrogens with one attached hydrogen (secondary N) is 2. The molecule has 0 aliphatic heterocycles. The van der Waals surface area contributed by atoms with Gasteiger partial charge in [0.1, 0.15) is 0 Å². The molecule has 0 aliphatic carbocycles. The van der Waals surface area contributed by atoms with E-state index in [-0.39, 0.29) is 23.0 Å². The van der Waals surface area contributed by atoms with Crippen molar-refractivity contribution in [1.29, 1.82) is 0 Å². The maximum Gasteiger partial charge on any atom is 0.283 e. The lowest BCUT2D eigenvalue weighted by atomic mass is 10.2. The van der Waals surface area contributed by atoms with Crippen LogP contribution in [0.3, 0.4) is 0 Å². The van der Waals surface area contributed by atoms with Gasteiger partial charge in [-0.15, -0.1) is 5.10 Å². The second-order valence-corrected chi connectivity index (χ2v) is 6.81. The number of aryl methyl sites for hydroxylation is 3. The summed E-state index contributed by atoms with van der Waals surface area (Å²) in [5.41, 5.74) is 1.66. The van der Waals surface area contributed by atoms with Crippen molar-refractivity contribution in [3.05, 3.63) is 49.9 Å². The lowest BCUT2D eigenvalue weighted by Crippen LogP contribution is -2.23. The summed E-state index contributed by atoms with van der Waals surface area (Å²) >= 11 is 1.35. The van der Waals surface area contributed by atoms with Gasteiger partial charge < -0.3 is 0 Å². The van der Waals surface area contributed by atoms with E-state index in [1.165, 1.54) is 27.1 Å². The molecule has 0 saturated carbocycles. The summed E-state index contributed by atoms with van der Waals surface area (Å²) in [5.74, 6) is 0.495. The van der Waals surface area contributed by atoms with Gasteiger partial charge >= 0.3 is 0 Å². The van der Waals surface area contributed by atoms with E-state index >= 15 is 0 Å². The Balaban J connectivity index is 2.00. The van der Waals surface area contributed by atoms with Gasteiger partial charge in [0.05, 0.1) is 10.9 Å². The first kappa shape index (κ1) is 17.2. The first-order valence-corrected chi connectivity index (χ1v) is 9.28. The van der Waals surface area contributed by atoms with Gasteiger partial charge in [-0.2, -0.15) is 9.67 Å². The molecular weight excluding hydrogens is 368 g/mol. The normalized spacial score (nSPS) is 11.4. The first-order valence-electron chi connectivity index (χ1n) is 8.06. The van der Waals surface area contributed by atoms with Gasteiger partial charge in [0.2, 0.25) is 11.1 Å². The SMILES string of the molecule is CSc1n[nH]c(-n2c(C)c3c(=O)n(-c4nc(C)cc(C)n4)[nH]c3cc2=O)n1. The van der Waals surface area contributed by atoms with Crippen LogP contribution < -0.4 is 11.1 Å². The summed E-state index contributed by atoms with van der Waals surface area (Å²) in [5, 5.41) is 10.5. The maximum absolute atomic E-state index is 13.0. The zero-order valence-corrected chi connectivity index (χ0v) is 15.9. The van der Waals surface area contributed by atoms with Crippen LogP contribution in [0, 0.1) is 20.8 Å². The molecule has 0 radical (unpaired) electrons. The zero-order chi connectivity index (χ0) is 19.3. The first-order chi connectivity index (χ1) is 12.9. The van der Waals surface area contributed by atoms with Gasteiger partial charge in [0.25, 0.3) is 17.1 Å². The van der Waals surface area contributed by atoms with Crippen molar-refractivity contribution in [2.24, 2.45) is 0 Å². The number of H-pyrrole nitrogens is 2. The number of pyridine rings is 1. The number of fused-ring (bicyclic) bond motifs is 1. The molecule has 0 saturated heterocycles. The van der Waals surface area contributed by atoms with E-state index in [2.05, 4.69) is 30.2 Å². The highest BCUT2D eigenvalue weighted by molar-refractivity contribution is 7.98. The number of thioether (sulfide) groups is 1. The van der Waals surface area contributed by atoms with Crippen molar-refractivity contribution in [3.8, 4) is 11.9 Å². The van der Waals surface area contributed by atoms with Crippen LogP contribution in [0.5, 0.6) is 0 Å². The minimum absolute atomic E-state index is 0.233. The van der Waals surface area contributed by atoms with Crippen molar-refractivity contribution in [2.75, 3.05) is 6.26 Å². The molecule has 138 valence electrons. The summed E-state index contributed by atoms with van der Waals surface area (Å²) in [6.07, 6.45) is 1.83. The highest BCUT2D eigenvalue weighted by Gasteiger charge is 2.19. The fraction of sp³-hybridized carbons (Fsp3) is 0.250. The number of aromatic nitrogens is 8. The van der Waals surface area contributed by atoms with E-state index < -0.39 is 0 Å². The van der Waals surface area contributed by atoms with E-state index in [9.17, 15) is 9.59 Å². The van der Waals surface area contributed by atoms with E-state index in [0.29, 0.717) is 21.8 Å². The summed E-state index contributed by atoms with van der Waals surface area (Å²) in [4.78, 5) is 38.5. The van der Waals surface area contributed by atoms with Crippen LogP contribution in [-0.2, 0) is 0 Å². The topological polar surface area (TPSA) is 127 Å².